The van der Waals surface area contributed by atoms with Gasteiger partial charge in [-0.15, -0.1) is 23.2 Å². The average Bonchev–Trinajstić information content (AvgIpc) is 3.28. The molecular formula is C33H30Cl2N2O5. The van der Waals surface area contributed by atoms with Crippen LogP contribution in [0.2, 0.25) is 0 Å². The van der Waals surface area contributed by atoms with Gasteiger partial charge in [0, 0.05) is 5.69 Å². The third-order valence-electron chi connectivity index (χ3n) is 8.76. The number of rotatable bonds is 8. The highest BCUT2D eigenvalue weighted by Gasteiger charge is 2.73. The summed E-state index contributed by atoms with van der Waals surface area (Å²) in [6.07, 6.45) is 2.82. The fourth-order valence-electron chi connectivity index (χ4n) is 6.72. The first kappa shape index (κ1) is 28.4. The number of likely N-dealkylation sites (tertiary alicyclic amines) is 1. The first-order chi connectivity index (χ1) is 20.1. The van der Waals surface area contributed by atoms with E-state index in [1.54, 1.807) is 24.3 Å². The molecular weight excluding hydrogens is 575 g/mol. The molecule has 42 heavy (non-hydrogen) atoms. The Bertz CT molecular complexity index is 1480. The van der Waals surface area contributed by atoms with E-state index in [0.717, 1.165) is 24.2 Å². The molecule has 216 valence electrons. The largest absolute Gasteiger partial charge is 0.462 e. The molecule has 1 heterocycles. The zero-order valence-corrected chi connectivity index (χ0v) is 24.7. The molecule has 3 aromatic rings. The summed E-state index contributed by atoms with van der Waals surface area (Å²) in [5, 5.41) is 2.76. The summed E-state index contributed by atoms with van der Waals surface area (Å²) >= 11 is 14.9. The van der Waals surface area contributed by atoms with Crippen LogP contribution in [0.5, 0.6) is 0 Å². The van der Waals surface area contributed by atoms with E-state index in [4.69, 9.17) is 27.9 Å². The maximum atomic E-state index is 14.1. The SMILES string of the molecule is CCCCCOC(=O)c1ccc(NC(=O)[C@H](C)N2C(=O)[C@@H]3[C@@H](C2=O)C2(Cl)c4ccccc4C3(Cl)c3ccccc32)cc1. The Kier molecular flexibility index (Phi) is 7.14. The Balaban J connectivity index is 1.25. The standard InChI is InChI=1S/C33H30Cl2N2O5/c1-3-4-9-18-42-31(41)20-14-16-21(17-15-20)36-28(38)19(2)37-29(39)26-27(30(37)40)33(35)23-11-6-5-10-22(23)32(26,34)24-12-7-8-13-25(24)33/h5-8,10-17,19,26-27H,3-4,9,18H2,1-2H3,(H,36,38)/t19-,26-,27-,32?,33?/m0/s1. The minimum atomic E-state index is -1.31. The van der Waals surface area contributed by atoms with Crippen LogP contribution in [-0.2, 0) is 28.9 Å². The lowest BCUT2D eigenvalue weighted by atomic mass is 9.54. The maximum absolute atomic E-state index is 14.1. The van der Waals surface area contributed by atoms with E-state index in [0.29, 0.717) is 40.1 Å². The van der Waals surface area contributed by atoms with Crippen LogP contribution in [0, 0.1) is 11.8 Å². The topological polar surface area (TPSA) is 92.8 Å². The number of ether oxygens (including phenoxy) is 1. The minimum Gasteiger partial charge on any atom is -0.462 e. The van der Waals surface area contributed by atoms with Crippen molar-refractivity contribution in [2.45, 2.75) is 48.9 Å². The van der Waals surface area contributed by atoms with E-state index >= 15 is 0 Å². The highest BCUT2D eigenvalue weighted by atomic mass is 35.5. The number of nitrogens with one attached hydrogen (secondary N) is 1. The summed E-state index contributed by atoms with van der Waals surface area (Å²) in [5.74, 6) is -4.01. The first-order valence-corrected chi connectivity index (χ1v) is 14.9. The molecule has 7 nitrogen and oxygen atoms in total. The van der Waals surface area contributed by atoms with E-state index in [-0.39, 0.29) is 0 Å². The van der Waals surface area contributed by atoms with Crippen molar-refractivity contribution in [1.29, 1.82) is 0 Å². The number of carbonyl (C=O) groups is 4. The van der Waals surface area contributed by atoms with Gasteiger partial charge in [0.1, 0.15) is 15.8 Å². The van der Waals surface area contributed by atoms with Gasteiger partial charge in [0.25, 0.3) is 0 Å². The highest BCUT2D eigenvalue weighted by molar-refractivity contribution is 6.36. The van der Waals surface area contributed by atoms with Crippen LogP contribution in [0.15, 0.2) is 72.8 Å². The summed E-state index contributed by atoms with van der Waals surface area (Å²) < 4.78 is 5.28. The van der Waals surface area contributed by atoms with Crippen LogP contribution < -0.4 is 5.32 Å². The number of nitrogens with zero attached hydrogens (tertiary/aromatic N) is 1. The molecule has 0 aromatic heterocycles. The summed E-state index contributed by atoms with van der Waals surface area (Å²) in [4.78, 5) is 52.2. The highest BCUT2D eigenvalue weighted by Crippen LogP contribution is 2.69. The number of alkyl halides is 2. The second kappa shape index (κ2) is 10.5. The quantitative estimate of drug-likeness (QED) is 0.148. The molecule has 3 atom stereocenters. The van der Waals surface area contributed by atoms with Crippen molar-refractivity contribution in [3.05, 3.63) is 101 Å². The lowest BCUT2D eigenvalue weighted by molar-refractivity contribution is -0.146. The van der Waals surface area contributed by atoms with E-state index in [1.807, 2.05) is 48.5 Å². The van der Waals surface area contributed by atoms with Crippen molar-refractivity contribution in [3.63, 3.8) is 0 Å². The van der Waals surface area contributed by atoms with E-state index < -0.39 is 51.3 Å². The first-order valence-electron chi connectivity index (χ1n) is 14.2. The molecule has 0 radical (unpaired) electrons. The van der Waals surface area contributed by atoms with E-state index in [1.165, 1.54) is 6.92 Å². The number of halogens is 2. The van der Waals surface area contributed by atoms with Crippen molar-refractivity contribution < 1.29 is 23.9 Å². The number of anilines is 1. The minimum absolute atomic E-state index is 0.353. The third-order valence-corrected chi connectivity index (χ3v) is 10.0. The molecule has 1 aliphatic heterocycles. The Hall–Kier alpha value is -3.68. The van der Waals surface area contributed by atoms with Gasteiger partial charge in [0.2, 0.25) is 17.7 Å². The van der Waals surface area contributed by atoms with Crippen molar-refractivity contribution in [3.8, 4) is 0 Å². The lowest BCUT2D eigenvalue weighted by Gasteiger charge is -2.54. The van der Waals surface area contributed by atoms with Gasteiger partial charge in [0.05, 0.1) is 24.0 Å². The molecule has 0 saturated carbocycles. The molecule has 0 unspecified atom stereocenters. The molecule has 3 amide bonds. The lowest BCUT2D eigenvalue weighted by Crippen LogP contribution is -2.57. The molecule has 9 heteroatoms. The summed E-state index contributed by atoms with van der Waals surface area (Å²) in [6, 6.07) is 19.9. The predicted octanol–water partition coefficient (Wildman–Crippen LogP) is 5.95. The number of hydrogen-bond acceptors (Lipinski definition) is 5. The Morgan fingerprint density at radius 2 is 1.31 bits per heavy atom. The number of esters is 1. The third kappa shape index (κ3) is 4.01. The van der Waals surface area contributed by atoms with Crippen LogP contribution in [0.25, 0.3) is 0 Å². The number of carbonyl (C=O) groups excluding carboxylic acids is 4. The zero-order chi connectivity index (χ0) is 29.8. The maximum Gasteiger partial charge on any atom is 0.338 e. The van der Waals surface area contributed by atoms with Crippen LogP contribution in [0.1, 0.15) is 65.7 Å². The van der Waals surface area contributed by atoms with Crippen molar-refractivity contribution >= 4 is 52.6 Å². The van der Waals surface area contributed by atoms with Gasteiger partial charge in [-0.2, -0.15) is 0 Å². The average molecular weight is 606 g/mol. The van der Waals surface area contributed by atoms with Crippen molar-refractivity contribution in [2.75, 3.05) is 11.9 Å². The van der Waals surface area contributed by atoms with Gasteiger partial charge in [-0.05, 0) is 59.9 Å². The van der Waals surface area contributed by atoms with Crippen LogP contribution in [0.3, 0.4) is 0 Å². The van der Waals surface area contributed by atoms with Crippen LogP contribution in [0.4, 0.5) is 5.69 Å². The molecule has 0 spiro atoms. The van der Waals surface area contributed by atoms with Gasteiger partial charge in [0.15, 0.2) is 0 Å². The predicted molar refractivity (Wildman–Crippen MR) is 159 cm³/mol. The number of benzene rings is 3. The number of amides is 3. The molecule has 1 saturated heterocycles. The number of unbranched alkanes of at least 4 members (excludes halogenated alkanes) is 2. The normalized spacial score (nSPS) is 25.9. The summed E-state index contributed by atoms with van der Waals surface area (Å²) in [7, 11) is 0. The fraction of sp³-hybridized carbons (Fsp3) is 0.333. The Morgan fingerprint density at radius 1 is 0.833 bits per heavy atom. The molecule has 2 bridgehead atoms. The number of hydrogen-bond donors (Lipinski definition) is 1. The Morgan fingerprint density at radius 3 is 1.76 bits per heavy atom. The summed E-state index contributed by atoms with van der Waals surface area (Å²) in [5.41, 5.74) is 3.57. The smallest absolute Gasteiger partial charge is 0.338 e. The molecule has 3 aliphatic carbocycles. The van der Waals surface area contributed by atoms with E-state index in [9.17, 15) is 19.2 Å². The van der Waals surface area contributed by atoms with Gasteiger partial charge in [-0.3, -0.25) is 19.3 Å². The Labute approximate surface area is 254 Å². The molecule has 3 aromatic carbocycles. The summed E-state index contributed by atoms with van der Waals surface area (Å²) in [6.45, 7) is 3.93. The zero-order valence-electron chi connectivity index (χ0n) is 23.2. The van der Waals surface area contributed by atoms with Crippen LogP contribution >= 0.6 is 23.2 Å². The number of imide groups is 1. The van der Waals surface area contributed by atoms with Crippen LogP contribution in [-0.4, -0.2) is 41.2 Å². The molecule has 1 N–H and O–H groups in total. The molecule has 1 fully saturated rings. The molecule has 4 aliphatic rings. The van der Waals surface area contributed by atoms with Gasteiger partial charge in [-0.25, -0.2) is 4.79 Å². The van der Waals surface area contributed by atoms with Gasteiger partial charge in [-0.1, -0.05) is 68.3 Å². The van der Waals surface area contributed by atoms with Gasteiger partial charge >= 0.3 is 5.97 Å². The fourth-order valence-corrected chi connectivity index (χ4v) is 7.82. The van der Waals surface area contributed by atoms with Crippen molar-refractivity contribution in [2.24, 2.45) is 11.8 Å². The monoisotopic (exact) mass is 604 g/mol. The second-order valence-corrected chi connectivity index (χ2v) is 12.3. The van der Waals surface area contributed by atoms with Crippen molar-refractivity contribution in [1.82, 2.24) is 4.90 Å². The van der Waals surface area contributed by atoms with E-state index in [2.05, 4.69) is 12.2 Å². The van der Waals surface area contributed by atoms with Gasteiger partial charge < -0.3 is 10.1 Å². The second-order valence-electron chi connectivity index (χ2n) is 11.1. The molecule has 7 rings (SSSR count).